The van der Waals surface area contributed by atoms with Gasteiger partial charge in [0.2, 0.25) is 0 Å². The van der Waals surface area contributed by atoms with Crippen LogP contribution in [-0.4, -0.2) is 35.0 Å². The van der Waals surface area contributed by atoms with Crippen LogP contribution in [0.1, 0.15) is 45.7 Å². The predicted octanol–water partition coefficient (Wildman–Crippen LogP) is 4.51. The molecule has 0 spiro atoms. The summed E-state index contributed by atoms with van der Waals surface area (Å²) < 4.78 is 13.4. The number of nitrogens with two attached hydrogens (primary N) is 1. The first kappa shape index (κ1) is 20.0. The summed E-state index contributed by atoms with van der Waals surface area (Å²) in [5.74, 6) is -0.148. The Balaban J connectivity index is 0.000000300. The minimum absolute atomic E-state index is 0.216. The van der Waals surface area contributed by atoms with Gasteiger partial charge in [0.05, 0.1) is 5.52 Å². The molecule has 0 amide bonds. The van der Waals surface area contributed by atoms with Crippen LogP contribution in [0.3, 0.4) is 0 Å². The molecule has 0 saturated carbocycles. The van der Waals surface area contributed by atoms with E-state index in [1.807, 2.05) is 26.8 Å². The first-order chi connectivity index (χ1) is 11.6. The van der Waals surface area contributed by atoms with Crippen molar-refractivity contribution in [2.24, 2.45) is 0 Å². The van der Waals surface area contributed by atoms with Crippen molar-refractivity contribution in [1.82, 2.24) is 14.9 Å². The maximum atomic E-state index is 13.4. The molecule has 0 bridgehead atoms. The van der Waals surface area contributed by atoms with Crippen LogP contribution in [0.4, 0.5) is 10.2 Å². The second kappa shape index (κ2) is 10.7. The van der Waals surface area contributed by atoms with Crippen molar-refractivity contribution >= 4 is 22.9 Å². The molecular formula is C19H29FN4. The lowest BCUT2D eigenvalue weighted by molar-refractivity contribution is 0.418. The molecule has 1 aromatic carbocycles. The van der Waals surface area contributed by atoms with Crippen LogP contribution >= 0.6 is 0 Å². The van der Waals surface area contributed by atoms with Crippen LogP contribution in [0.15, 0.2) is 24.3 Å². The van der Waals surface area contributed by atoms with Crippen LogP contribution < -0.4 is 5.73 Å². The average molecular weight is 332 g/mol. The van der Waals surface area contributed by atoms with E-state index in [0.29, 0.717) is 11.2 Å². The summed E-state index contributed by atoms with van der Waals surface area (Å²) in [6.45, 7) is 8.65. The zero-order valence-corrected chi connectivity index (χ0v) is 15.2. The molecule has 1 aromatic heterocycles. The van der Waals surface area contributed by atoms with Crippen LogP contribution in [0.2, 0.25) is 0 Å². The number of para-hydroxylation sites is 1. The van der Waals surface area contributed by atoms with Crippen molar-refractivity contribution < 1.29 is 4.39 Å². The SMILES string of the molecule is CC.CC/C=C/c1nc2cccc(F)c2nc1N.CN1CCCC1. The fourth-order valence-electron chi connectivity index (χ4n) is 2.30. The smallest absolute Gasteiger partial charge is 0.151 e. The highest BCUT2D eigenvalue weighted by Gasteiger charge is 2.06. The highest BCUT2D eigenvalue weighted by Crippen LogP contribution is 2.18. The highest BCUT2D eigenvalue weighted by molar-refractivity contribution is 5.78. The molecule has 24 heavy (non-hydrogen) atoms. The van der Waals surface area contributed by atoms with Crippen molar-refractivity contribution in [1.29, 1.82) is 0 Å². The maximum Gasteiger partial charge on any atom is 0.151 e. The number of fused-ring (bicyclic) bond motifs is 1. The van der Waals surface area contributed by atoms with Gasteiger partial charge in [0.25, 0.3) is 0 Å². The number of hydrogen-bond donors (Lipinski definition) is 1. The Bertz CT molecular complexity index is 649. The lowest BCUT2D eigenvalue weighted by Crippen LogP contribution is -2.10. The normalized spacial score (nSPS) is 14.2. The summed E-state index contributed by atoms with van der Waals surface area (Å²) in [6.07, 6.45) is 7.45. The molecule has 4 nitrogen and oxygen atoms in total. The van der Waals surface area contributed by atoms with Gasteiger partial charge in [0.15, 0.2) is 5.82 Å². The van der Waals surface area contributed by atoms with Gasteiger partial charge in [-0.05, 0) is 57.6 Å². The molecule has 2 N–H and O–H groups in total. The minimum atomic E-state index is -0.400. The summed E-state index contributed by atoms with van der Waals surface area (Å²) in [5.41, 5.74) is 7.02. The quantitative estimate of drug-likeness (QED) is 0.879. The molecule has 1 aliphatic heterocycles. The molecule has 132 valence electrons. The van der Waals surface area contributed by atoms with E-state index in [0.717, 1.165) is 6.42 Å². The zero-order chi connectivity index (χ0) is 17.9. The summed E-state index contributed by atoms with van der Waals surface area (Å²) >= 11 is 0. The van der Waals surface area contributed by atoms with Gasteiger partial charge in [-0.1, -0.05) is 32.9 Å². The van der Waals surface area contributed by atoms with E-state index in [1.54, 1.807) is 18.2 Å². The lowest BCUT2D eigenvalue weighted by atomic mass is 10.2. The molecule has 1 saturated heterocycles. The summed E-state index contributed by atoms with van der Waals surface area (Å²) in [6, 6.07) is 4.67. The number of nitrogens with zero attached hydrogens (tertiary/aromatic N) is 3. The third-order valence-electron chi connectivity index (χ3n) is 3.54. The van der Waals surface area contributed by atoms with E-state index in [1.165, 1.54) is 32.0 Å². The van der Waals surface area contributed by atoms with Crippen LogP contribution in [0.25, 0.3) is 17.1 Å². The Kier molecular flexibility index (Phi) is 8.94. The lowest BCUT2D eigenvalue weighted by Gasteiger charge is -2.02. The molecule has 1 fully saturated rings. The predicted molar refractivity (Wildman–Crippen MR) is 101 cm³/mol. The van der Waals surface area contributed by atoms with E-state index in [2.05, 4.69) is 21.9 Å². The van der Waals surface area contributed by atoms with Gasteiger partial charge >= 0.3 is 0 Å². The van der Waals surface area contributed by atoms with Crippen molar-refractivity contribution in [3.63, 3.8) is 0 Å². The van der Waals surface area contributed by atoms with E-state index in [4.69, 9.17) is 5.73 Å². The zero-order valence-electron chi connectivity index (χ0n) is 15.2. The maximum absolute atomic E-state index is 13.4. The van der Waals surface area contributed by atoms with E-state index < -0.39 is 5.82 Å². The molecule has 0 aliphatic carbocycles. The van der Waals surface area contributed by atoms with Gasteiger partial charge < -0.3 is 10.6 Å². The van der Waals surface area contributed by atoms with Crippen molar-refractivity contribution in [2.45, 2.75) is 40.0 Å². The van der Waals surface area contributed by atoms with Crippen molar-refractivity contribution in [2.75, 3.05) is 25.9 Å². The molecule has 0 unspecified atom stereocenters. The molecule has 2 heterocycles. The van der Waals surface area contributed by atoms with Crippen LogP contribution in [0.5, 0.6) is 0 Å². The fourth-order valence-corrected chi connectivity index (χ4v) is 2.30. The summed E-state index contributed by atoms with van der Waals surface area (Å²) in [4.78, 5) is 10.6. The van der Waals surface area contributed by atoms with Gasteiger partial charge in [-0.2, -0.15) is 0 Å². The standard InChI is InChI=1S/C12H12FN3.C5H11N.C2H6/c1-2-3-6-10-12(14)16-11-8(13)5-4-7-9(11)15-10;1-6-4-2-3-5-6;1-2/h3-7H,2H2,1H3,(H2,14,16);2-5H2,1H3;1-2H3/b6-3+;;. The monoisotopic (exact) mass is 332 g/mol. The topological polar surface area (TPSA) is 55.0 Å². The van der Waals surface area contributed by atoms with Gasteiger partial charge in [-0.15, -0.1) is 0 Å². The van der Waals surface area contributed by atoms with Gasteiger partial charge in [0, 0.05) is 0 Å². The Morgan fingerprint density at radius 2 is 1.88 bits per heavy atom. The number of anilines is 1. The highest BCUT2D eigenvalue weighted by atomic mass is 19.1. The fraction of sp³-hybridized carbons (Fsp3) is 0.474. The third-order valence-corrected chi connectivity index (χ3v) is 3.54. The molecule has 2 aromatic rings. The number of rotatable bonds is 2. The molecule has 1 aliphatic rings. The van der Waals surface area contributed by atoms with E-state index in [-0.39, 0.29) is 11.3 Å². The summed E-state index contributed by atoms with van der Waals surface area (Å²) in [7, 11) is 2.17. The Labute approximate surface area is 144 Å². The first-order valence-electron chi connectivity index (χ1n) is 8.68. The molecule has 0 atom stereocenters. The molecule has 3 rings (SSSR count). The van der Waals surface area contributed by atoms with Gasteiger partial charge in [-0.25, -0.2) is 14.4 Å². The molecule has 0 radical (unpaired) electrons. The number of nitrogen functional groups attached to an aromatic ring is 1. The van der Waals surface area contributed by atoms with Crippen molar-refractivity contribution in [3.05, 3.63) is 35.8 Å². The second-order valence-corrected chi connectivity index (χ2v) is 5.42. The van der Waals surface area contributed by atoms with E-state index in [9.17, 15) is 4.39 Å². The molecular weight excluding hydrogens is 303 g/mol. The number of halogens is 1. The molecule has 5 heteroatoms. The Hall–Kier alpha value is -2.01. The number of allylic oxidation sites excluding steroid dienone is 1. The summed E-state index contributed by atoms with van der Waals surface area (Å²) in [5, 5.41) is 0. The Morgan fingerprint density at radius 3 is 2.42 bits per heavy atom. The van der Waals surface area contributed by atoms with Crippen LogP contribution in [-0.2, 0) is 0 Å². The van der Waals surface area contributed by atoms with Gasteiger partial charge in [0.1, 0.15) is 17.0 Å². The first-order valence-corrected chi connectivity index (χ1v) is 8.68. The number of aromatic nitrogens is 2. The largest absolute Gasteiger partial charge is 0.382 e. The number of likely N-dealkylation sites (tertiary alicyclic amines) is 1. The average Bonchev–Trinajstić information content (AvgIpc) is 3.07. The third kappa shape index (κ3) is 5.89. The van der Waals surface area contributed by atoms with Crippen LogP contribution in [0, 0.1) is 5.82 Å². The van der Waals surface area contributed by atoms with Crippen molar-refractivity contribution in [3.8, 4) is 0 Å². The van der Waals surface area contributed by atoms with Gasteiger partial charge in [-0.3, -0.25) is 0 Å². The Morgan fingerprint density at radius 1 is 1.21 bits per heavy atom. The number of benzene rings is 1. The number of hydrogen-bond acceptors (Lipinski definition) is 4. The second-order valence-electron chi connectivity index (χ2n) is 5.42. The minimum Gasteiger partial charge on any atom is -0.382 e. The van der Waals surface area contributed by atoms with E-state index >= 15 is 0 Å².